The highest BCUT2D eigenvalue weighted by Gasteiger charge is 2.28. The van der Waals surface area contributed by atoms with E-state index in [0.29, 0.717) is 41.9 Å². The number of halogens is 1. The average molecular weight is 369 g/mol. The van der Waals surface area contributed by atoms with E-state index in [0.717, 1.165) is 0 Å². The van der Waals surface area contributed by atoms with Crippen molar-refractivity contribution in [3.8, 4) is 11.6 Å². The third kappa shape index (κ3) is 3.43. The maximum Gasteiger partial charge on any atom is 0.277 e. The molecule has 0 unspecified atom stereocenters. The van der Waals surface area contributed by atoms with Gasteiger partial charge in [-0.3, -0.25) is 19.4 Å². The molecule has 3 heterocycles. The maximum atomic E-state index is 12.9. The third-order valence-corrected chi connectivity index (χ3v) is 4.12. The van der Waals surface area contributed by atoms with Crippen molar-refractivity contribution in [3.05, 3.63) is 59.9 Å². The first-order valence-corrected chi connectivity index (χ1v) is 8.27. The highest BCUT2D eigenvalue weighted by atomic mass is 19.1. The van der Waals surface area contributed by atoms with Gasteiger partial charge in [-0.25, -0.2) is 4.39 Å². The Kier molecular flexibility index (Phi) is 4.41. The number of carbonyl (C=O) groups is 1. The number of fused-ring (bicyclic) bond motifs is 1. The van der Waals surface area contributed by atoms with Crippen LogP contribution in [0.25, 0.3) is 0 Å². The van der Waals surface area contributed by atoms with Gasteiger partial charge in [0, 0.05) is 6.54 Å². The zero-order valence-corrected chi connectivity index (χ0v) is 14.5. The summed E-state index contributed by atoms with van der Waals surface area (Å²) < 4.78 is 25.3. The monoisotopic (exact) mass is 369 g/mol. The van der Waals surface area contributed by atoms with Crippen molar-refractivity contribution in [2.24, 2.45) is 0 Å². The summed E-state index contributed by atoms with van der Waals surface area (Å²) in [5, 5.41) is 4.41. The minimum absolute atomic E-state index is 0.178. The van der Waals surface area contributed by atoms with Crippen molar-refractivity contribution in [3.63, 3.8) is 0 Å². The standard InChI is InChI=1S/C18H16FN5O3/c1-26-17-10-20-9-16(21-17)23-6-7-24-15(18(23)25)8-13(22-24)11-27-14-4-2-12(19)3-5-14/h2-5,8-10H,6-7,11H2,1H3. The molecule has 2 aromatic heterocycles. The number of amides is 1. The van der Waals surface area contributed by atoms with E-state index in [1.54, 1.807) is 22.9 Å². The quantitative estimate of drug-likeness (QED) is 0.685. The summed E-state index contributed by atoms with van der Waals surface area (Å²) >= 11 is 0. The van der Waals surface area contributed by atoms with Gasteiger partial charge in [-0.05, 0) is 30.3 Å². The summed E-state index contributed by atoms with van der Waals surface area (Å²) in [4.78, 5) is 22.7. The number of hydrogen-bond acceptors (Lipinski definition) is 6. The largest absolute Gasteiger partial charge is 0.487 e. The number of rotatable bonds is 5. The van der Waals surface area contributed by atoms with Crippen LogP contribution in [0.15, 0.2) is 42.7 Å². The smallest absolute Gasteiger partial charge is 0.277 e. The van der Waals surface area contributed by atoms with Crippen LogP contribution in [0.1, 0.15) is 16.2 Å². The second kappa shape index (κ2) is 7.02. The van der Waals surface area contributed by atoms with Crippen LogP contribution in [0.5, 0.6) is 11.6 Å². The summed E-state index contributed by atoms with van der Waals surface area (Å²) in [6.45, 7) is 1.13. The molecule has 1 aliphatic rings. The third-order valence-electron chi connectivity index (χ3n) is 4.12. The van der Waals surface area contributed by atoms with E-state index < -0.39 is 0 Å². The molecule has 0 bridgehead atoms. The first-order valence-electron chi connectivity index (χ1n) is 8.27. The van der Waals surface area contributed by atoms with Gasteiger partial charge < -0.3 is 9.47 Å². The first-order chi connectivity index (χ1) is 13.1. The Balaban J connectivity index is 1.50. The van der Waals surface area contributed by atoms with Crippen molar-refractivity contribution in [1.82, 2.24) is 19.7 Å². The van der Waals surface area contributed by atoms with Gasteiger partial charge in [0.05, 0.1) is 26.0 Å². The number of aromatic nitrogens is 4. The van der Waals surface area contributed by atoms with Crippen molar-refractivity contribution >= 4 is 11.7 Å². The molecule has 0 N–H and O–H groups in total. The summed E-state index contributed by atoms with van der Waals surface area (Å²) in [7, 11) is 1.49. The van der Waals surface area contributed by atoms with Gasteiger partial charge in [0.25, 0.3) is 5.91 Å². The van der Waals surface area contributed by atoms with Crippen molar-refractivity contribution in [1.29, 1.82) is 0 Å². The zero-order valence-electron chi connectivity index (χ0n) is 14.5. The topological polar surface area (TPSA) is 82.4 Å². The summed E-state index contributed by atoms with van der Waals surface area (Å²) in [5.74, 6) is 0.751. The number of ether oxygens (including phenoxy) is 2. The number of methoxy groups -OCH3 is 1. The van der Waals surface area contributed by atoms with Crippen molar-refractivity contribution in [2.75, 3.05) is 18.6 Å². The minimum Gasteiger partial charge on any atom is -0.487 e. The zero-order chi connectivity index (χ0) is 18.8. The molecule has 1 aromatic carbocycles. The number of nitrogens with zero attached hydrogens (tertiary/aromatic N) is 5. The summed E-state index contributed by atoms with van der Waals surface area (Å²) in [6.07, 6.45) is 3.00. The first kappa shape index (κ1) is 17.0. The second-order valence-corrected chi connectivity index (χ2v) is 5.86. The highest BCUT2D eigenvalue weighted by molar-refractivity contribution is 6.05. The Labute approximate surface area is 154 Å². The SMILES string of the molecule is COc1cncc(N2CCn3nc(COc4ccc(F)cc4)cc3C2=O)n1. The molecule has 0 saturated carbocycles. The number of hydrogen-bond donors (Lipinski definition) is 0. The fourth-order valence-corrected chi connectivity index (χ4v) is 2.79. The molecule has 3 aromatic rings. The van der Waals surface area contributed by atoms with Crippen LogP contribution < -0.4 is 14.4 Å². The number of anilines is 1. The van der Waals surface area contributed by atoms with Gasteiger partial charge in [-0.2, -0.15) is 10.1 Å². The molecule has 1 aliphatic heterocycles. The number of carbonyl (C=O) groups excluding carboxylic acids is 1. The lowest BCUT2D eigenvalue weighted by molar-refractivity contribution is 0.0961. The molecular formula is C18H16FN5O3. The molecule has 0 aliphatic carbocycles. The van der Waals surface area contributed by atoms with Gasteiger partial charge in [0.2, 0.25) is 5.88 Å². The fraction of sp³-hybridized carbons (Fsp3) is 0.222. The number of benzene rings is 1. The highest BCUT2D eigenvalue weighted by Crippen LogP contribution is 2.21. The van der Waals surface area contributed by atoms with Gasteiger partial charge in [0.15, 0.2) is 5.82 Å². The Bertz CT molecular complexity index is 973. The predicted octanol–water partition coefficient (Wildman–Crippen LogP) is 2.06. The molecule has 9 heteroatoms. The molecule has 1 amide bonds. The van der Waals surface area contributed by atoms with Crippen LogP contribution in [-0.4, -0.2) is 39.3 Å². The van der Waals surface area contributed by atoms with Crippen molar-refractivity contribution < 1.29 is 18.7 Å². The lowest BCUT2D eigenvalue weighted by atomic mass is 10.2. The fourth-order valence-electron chi connectivity index (χ4n) is 2.79. The van der Waals surface area contributed by atoms with E-state index in [-0.39, 0.29) is 18.3 Å². The van der Waals surface area contributed by atoms with Crippen LogP contribution >= 0.6 is 0 Å². The molecular weight excluding hydrogens is 353 g/mol. The molecule has 0 atom stereocenters. The van der Waals surface area contributed by atoms with E-state index in [1.807, 2.05) is 0 Å². The van der Waals surface area contributed by atoms with E-state index in [1.165, 1.54) is 36.5 Å². The summed E-state index contributed by atoms with van der Waals surface area (Å²) in [6, 6.07) is 7.42. The normalized spacial score (nSPS) is 13.4. The molecule has 0 spiro atoms. The maximum absolute atomic E-state index is 12.9. The van der Waals surface area contributed by atoms with Gasteiger partial charge in [-0.1, -0.05) is 0 Å². The van der Waals surface area contributed by atoms with Crippen LogP contribution in [0.4, 0.5) is 10.2 Å². The van der Waals surface area contributed by atoms with Crippen molar-refractivity contribution in [2.45, 2.75) is 13.2 Å². The molecule has 4 rings (SSSR count). The second-order valence-electron chi connectivity index (χ2n) is 5.86. The molecule has 0 fully saturated rings. The summed E-state index contributed by atoms with van der Waals surface area (Å²) in [5.41, 5.74) is 1.06. The van der Waals surface area contributed by atoms with Crippen LogP contribution in [0, 0.1) is 5.82 Å². The molecule has 138 valence electrons. The van der Waals surface area contributed by atoms with E-state index in [2.05, 4.69) is 15.1 Å². The average Bonchev–Trinajstić information content (AvgIpc) is 3.12. The predicted molar refractivity (Wildman–Crippen MR) is 93.2 cm³/mol. The lowest BCUT2D eigenvalue weighted by Gasteiger charge is -2.26. The Hall–Kier alpha value is -3.49. The van der Waals surface area contributed by atoms with E-state index >= 15 is 0 Å². The minimum atomic E-state index is -0.328. The Morgan fingerprint density at radius 2 is 2.00 bits per heavy atom. The van der Waals surface area contributed by atoms with E-state index in [4.69, 9.17) is 9.47 Å². The molecule has 0 saturated heterocycles. The lowest BCUT2D eigenvalue weighted by Crippen LogP contribution is -2.41. The van der Waals surface area contributed by atoms with Crippen LogP contribution in [0.3, 0.4) is 0 Å². The Morgan fingerprint density at radius 3 is 2.78 bits per heavy atom. The van der Waals surface area contributed by atoms with E-state index in [9.17, 15) is 9.18 Å². The Morgan fingerprint density at radius 1 is 1.19 bits per heavy atom. The van der Waals surface area contributed by atoms with Gasteiger partial charge in [0.1, 0.15) is 29.6 Å². The van der Waals surface area contributed by atoms with Gasteiger partial charge in [-0.15, -0.1) is 0 Å². The molecule has 8 nitrogen and oxygen atoms in total. The molecule has 27 heavy (non-hydrogen) atoms. The molecule has 0 radical (unpaired) electrons. The van der Waals surface area contributed by atoms with Gasteiger partial charge >= 0.3 is 0 Å². The van der Waals surface area contributed by atoms with Crippen LogP contribution in [-0.2, 0) is 13.2 Å². The van der Waals surface area contributed by atoms with Crippen LogP contribution in [0.2, 0.25) is 0 Å².